The molecule has 2 aromatic heterocycles. The highest BCUT2D eigenvalue weighted by Gasteiger charge is 2.24. The molecule has 0 radical (unpaired) electrons. The van der Waals surface area contributed by atoms with Gasteiger partial charge in [0.15, 0.2) is 11.6 Å². The molecule has 0 spiro atoms. The van der Waals surface area contributed by atoms with Crippen LogP contribution in [-0.4, -0.2) is 0 Å². The number of hydrogen-bond acceptors (Lipinski definition) is 3. The van der Waals surface area contributed by atoms with Gasteiger partial charge in [-0.05, 0) is 73.1 Å². The van der Waals surface area contributed by atoms with Crippen LogP contribution in [0.4, 0.5) is 17.6 Å². The van der Waals surface area contributed by atoms with E-state index in [2.05, 4.69) is 25.8 Å². The average Bonchev–Trinajstić information content (AvgIpc) is 3.13. The smallest absolute Gasteiger partial charge is 0.203 e. The summed E-state index contributed by atoms with van der Waals surface area (Å²) in [7, 11) is 0. The minimum Gasteiger partial charge on any atom is -0.203 e. The van der Waals surface area contributed by atoms with E-state index in [1.807, 2.05) is 20.8 Å². The molecule has 0 saturated heterocycles. The fourth-order valence-corrected chi connectivity index (χ4v) is 5.10. The first-order chi connectivity index (χ1) is 13.5. The molecule has 0 bridgehead atoms. The Bertz CT molecular complexity index is 1050. The summed E-state index contributed by atoms with van der Waals surface area (Å²) < 4.78 is 54.4. The Morgan fingerprint density at radius 2 is 1.24 bits per heavy atom. The molecule has 0 nitrogen and oxygen atoms in total. The van der Waals surface area contributed by atoms with Gasteiger partial charge in [-0.25, -0.2) is 8.78 Å². The van der Waals surface area contributed by atoms with Crippen LogP contribution in [0.5, 0.6) is 0 Å². The van der Waals surface area contributed by atoms with E-state index in [1.165, 1.54) is 17.5 Å². The first-order valence-electron chi connectivity index (χ1n) is 8.50. The van der Waals surface area contributed by atoms with E-state index in [4.69, 9.17) is 0 Å². The van der Waals surface area contributed by atoms with Gasteiger partial charge >= 0.3 is 0 Å². The van der Waals surface area contributed by atoms with Crippen LogP contribution in [0.2, 0.25) is 0 Å². The Morgan fingerprint density at radius 3 is 1.59 bits per heavy atom. The van der Waals surface area contributed by atoms with Crippen molar-refractivity contribution in [3.8, 4) is 20.9 Å². The fraction of sp³-hybridized carbons (Fsp3) is 0.182. The van der Waals surface area contributed by atoms with Gasteiger partial charge < -0.3 is 0 Å². The molecule has 0 fully saturated rings. The second-order valence-corrected chi connectivity index (χ2v) is 8.80. The molecular formula is C22H20F4S3. The minimum absolute atomic E-state index is 0.469. The van der Waals surface area contributed by atoms with Crippen LogP contribution in [0.1, 0.15) is 29.2 Å². The highest BCUT2D eigenvalue weighted by molar-refractivity contribution is 7.83. The number of thiol groups is 1. The molecule has 1 aromatic carbocycles. The van der Waals surface area contributed by atoms with Crippen molar-refractivity contribution in [2.75, 3.05) is 0 Å². The van der Waals surface area contributed by atoms with Crippen LogP contribution >= 0.6 is 35.3 Å². The van der Waals surface area contributed by atoms with Gasteiger partial charge in [0.1, 0.15) is 0 Å². The molecule has 0 atom stereocenters. The third-order valence-electron chi connectivity index (χ3n) is 4.52. The molecule has 0 amide bonds. The normalized spacial score (nSPS) is 10.5. The zero-order valence-electron chi connectivity index (χ0n) is 16.4. The largest absolute Gasteiger partial charge is 0.212 e. The Balaban J connectivity index is 0.000000941. The predicted octanol–water partition coefficient (Wildman–Crippen LogP) is 8.72. The van der Waals surface area contributed by atoms with Crippen molar-refractivity contribution in [2.45, 2.75) is 27.7 Å². The van der Waals surface area contributed by atoms with Gasteiger partial charge in [0.05, 0.1) is 0 Å². The van der Waals surface area contributed by atoms with E-state index < -0.39 is 21.9 Å². The van der Waals surface area contributed by atoms with Crippen molar-refractivity contribution in [3.63, 3.8) is 0 Å². The Labute approximate surface area is 181 Å². The third-order valence-corrected chi connectivity index (χ3v) is 6.35. The monoisotopic (exact) mass is 456 g/mol. The summed E-state index contributed by atoms with van der Waals surface area (Å²) in [5, 5.41) is -0.284. The number of benzene rings is 1. The first kappa shape index (κ1) is 23.4. The van der Waals surface area contributed by atoms with E-state index in [9.17, 15) is 17.6 Å². The van der Waals surface area contributed by atoms with Gasteiger partial charge in [0.2, 0.25) is 10.3 Å². The molecule has 0 aliphatic heterocycles. The summed E-state index contributed by atoms with van der Waals surface area (Å²) in [6.07, 6.45) is 0. The summed E-state index contributed by atoms with van der Waals surface area (Å²) in [5.41, 5.74) is 5.31. The third kappa shape index (κ3) is 4.52. The minimum atomic E-state index is -0.890. The van der Waals surface area contributed by atoms with Gasteiger partial charge in [0, 0.05) is 15.3 Å². The van der Waals surface area contributed by atoms with Gasteiger partial charge in [-0.15, -0.1) is 22.7 Å². The Morgan fingerprint density at radius 1 is 0.862 bits per heavy atom. The molecule has 0 N–H and O–H groups in total. The van der Waals surface area contributed by atoms with Crippen LogP contribution in [0.3, 0.4) is 0 Å². The molecular weight excluding hydrogens is 436 g/mol. The maximum absolute atomic E-state index is 13.6. The number of rotatable bonds is 3. The number of hydrogen-bond donors (Lipinski definition) is 1. The average molecular weight is 457 g/mol. The fourth-order valence-electron chi connectivity index (χ4n) is 3.31. The SMILES string of the molecule is C=C(C)c1c(C)c(-c2cc(F)c(F)s2)c(C)c(C)c1-c1cc(F)c(F)s1.C=CS. The summed E-state index contributed by atoms with van der Waals surface area (Å²) in [5.74, 6) is -1.77. The summed E-state index contributed by atoms with van der Waals surface area (Å²) >= 11 is 5.04. The van der Waals surface area contributed by atoms with Gasteiger partial charge in [-0.3, -0.25) is 0 Å². The molecule has 3 rings (SSSR count). The summed E-state index contributed by atoms with van der Waals surface area (Å²) in [4.78, 5) is 0.951. The molecule has 0 aliphatic rings. The molecule has 29 heavy (non-hydrogen) atoms. The van der Waals surface area contributed by atoms with Gasteiger partial charge in [-0.2, -0.15) is 21.4 Å². The van der Waals surface area contributed by atoms with E-state index in [0.717, 1.165) is 50.5 Å². The van der Waals surface area contributed by atoms with Crippen molar-refractivity contribution in [1.29, 1.82) is 0 Å². The van der Waals surface area contributed by atoms with E-state index in [0.29, 0.717) is 20.9 Å². The van der Waals surface area contributed by atoms with Crippen molar-refractivity contribution in [1.82, 2.24) is 0 Å². The highest BCUT2D eigenvalue weighted by atomic mass is 32.1. The molecule has 7 heteroatoms. The molecule has 0 saturated carbocycles. The van der Waals surface area contributed by atoms with E-state index in [1.54, 1.807) is 6.92 Å². The van der Waals surface area contributed by atoms with Crippen molar-refractivity contribution in [2.24, 2.45) is 0 Å². The summed E-state index contributed by atoms with van der Waals surface area (Å²) in [6, 6.07) is 2.36. The number of halogens is 4. The van der Waals surface area contributed by atoms with Crippen LogP contribution in [0.15, 0.2) is 30.7 Å². The van der Waals surface area contributed by atoms with E-state index >= 15 is 0 Å². The zero-order valence-corrected chi connectivity index (χ0v) is 18.9. The first-order valence-corrected chi connectivity index (χ1v) is 10.6. The lowest BCUT2D eigenvalue weighted by atomic mass is 9.84. The Kier molecular flexibility index (Phi) is 7.54. The van der Waals surface area contributed by atoms with Crippen molar-refractivity contribution >= 4 is 40.9 Å². The van der Waals surface area contributed by atoms with Gasteiger partial charge in [-0.1, -0.05) is 18.7 Å². The molecule has 2 heterocycles. The topological polar surface area (TPSA) is 0 Å². The van der Waals surface area contributed by atoms with Crippen molar-refractivity contribution in [3.05, 3.63) is 74.8 Å². The van der Waals surface area contributed by atoms with Gasteiger partial charge in [0.25, 0.3) is 0 Å². The quantitative estimate of drug-likeness (QED) is 0.296. The lowest BCUT2D eigenvalue weighted by Gasteiger charge is -2.21. The maximum Gasteiger partial charge on any atom is 0.212 e. The van der Waals surface area contributed by atoms with Crippen LogP contribution < -0.4 is 0 Å². The lowest BCUT2D eigenvalue weighted by molar-refractivity contribution is 0.531. The molecule has 0 aliphatic carbocycles. The zero-order chi connectivity index (χ0) is 22.0. The summed E-state index contributed by atoms with van der Waals surface area (Å²) in [6.45, 7) is 14.6. The Hall–Kier alpha value is -1.83. The van der Waals surface area contributed by atoms with Crippen LogP contribution in [0, 0.1) is 42.7 Å². The lowest BCUT2D eigenvalue weighted by Crippen LogP contribution is -2.00. The van der Waals surface area contributed by atoms with E-state index in [-0.39, 0.29) is 0 Å². The second kappa shape index (κ2) is 9.32. The molecule has 154 valence electrons. The predicted molar refractivity (Wildman–Crippen MR) is 121 cm³/mol. The van der Waals surface area contributed by atoms with Crippen LogP contribution in [-0.2, 0) is 0 Å². The maximum atomic E-state index is 13.6. The molecule has 0 unspecified atom stereocenters. The second-order valence-electron chi connectivity index (χ2n) is 6.43. The number of allylic oxidation sites excluding steroid dienone is 1. The number of thiophene rings is 2. The van der Waals surface area contributed by atoms with Crippen molar-refractivity contribution < 1.29 is 17.6 Å². The standard InChI is InChI=1S/C20H16F4S2.C2H4S/c1-8(2)16-11(5)17(14-6-12(21)19(23)25-14)9(3)10(4)18(16)15-7-13(22)20(24)26-15;1-2-3/h6-7H,1H2,2-5H3;2-3H,1H2. The van der Waals surface area contributed by atoms with Crippen LogP contribution in [0.25, 0.3) is 26.5 Å². The molecule has 3 aromatic rings. The highest BCUT2D eigenvalue weighted by Crippen LogP contribution is 2.45.